The predicted octanol–water partition coefficient (Wildman–Crippen LogP) is 16.3. The van der Waals surface area contributed by atoms with Crippen LogP contribution in [0.25, 0.3) is 44.2 Å². The number of nitrogens with zero attached hydrogens (tertiary/aromatic N) is 1. The van der Waals surface area contributed by atoms with E-state index in [4.69, 9.17) is 4.42 Å². The second kappa shape index (κ2) is 13.4. The summed E-state index contributed by atoms with van der Waals surface area (Å²) >= 11 is 0. The second-order valence-electron chi connectivity index (χ2n) is 20.2. The average Bonchev–Trinajstić information content (AvgIpc) is 3.87. The van der Waals surface area contributed by atoms with E-state index < -0.39 is 5.41 Å². The maximum absolute atomic E-state index is 6.84. The summed E-state index contributed by atoms with van der Waals surface area (Å²) in [5.41, 5.74) is 20.0. The zero-order valence-electron chi connectivity index (χ0n) is 37.1. The fourth-order valence-electron chi connectivity index (χ4n) is 10.9. The molecule has 2 aliphatic rings. The molecule has 2 aliphatic carbocycles. The van der Waals surface area contributed by atoms with Crippen LogP contribution >= 0.6 is 0 Å². The molecule has 8 aromatic carbocycles. The van der Waals surface area contributed by atoms with Crippen molar-refractivity contribution in [1.82, 2.24) is 0 Å². The monoisotopic (exact) mass is 803 g/mol. The molecule has 9 aromatic rings. The van der Waals surface area contributed by atoms with Crippen molar-refractivity contribution < 1.29 is 4.42 Å². The quantitative estimate of drug-likeness (QED) is 0.172. The van der Waals surface area contributed by atoms with E-state index in [1.165, 1.54) is 72.1 Å². The Morgan fingerprint density at radius 2 is 0.968 bits per heavy atom. The average molecular weight is 804 g/mol. The third kappa shape index (κ3) is 5.55. The number of rotatable bonds is 5. The molecule has 62 heavy (non-hydrogen) atoms. The summed E-state index contributed by atoms with van der Waals surface area (Å²) in [5, 5.41) is 2.30. The zero-order valence-corrected chi connectivity index (χ0v) is 37.1. The molecule has 0 bridgehead atoms. The molecule has 0 saturated carbocycles. The van der Waals surface area contributed by atoms with Gasteiger partial charge in [0.05, 0.1) is 5.41 Å². The molecular formula is C60H53NO. The third-order valence-electron chi connectivity index (χ3n) is 14.0. The molecule has 0 unspecified atom stereocenters. The topological polar surface area (TPSA) is 16.4 Å². The lowest BCUT2D eigenvalue weighted by Crippen LogP contribution is -2.28. The van der Waals surface area contributed by atoms with Crippen LogP contribution in [0.15, 0.2) is 180 Å². The molecule has 0 aliphatic heterocycles. The first kappa shape index (κ1) is 38.3. The van der Waals surface area contributed by atoms with Crippen molar-refractivity contribution >= 4 is 39.0 Å². The Morgan fingerprint density at radius 1 is 0.419 bits per heavy atom. The van der Waals surface area contributed by atoms with Crippen molar-refractivity contribution in [2.45, 2.75) is 77.0 Å². The fraction of sp³-hybridized carbons (Fsp3) is 0.200. The molecule has 0 radical (unpaired) electrons. The lowest BCUT2D eigenvalue weighted by atomic mass is 9.67. The SMILES string of the molecule is CC(C)(C)c1cc(C(C)(C)C)c2oc3ccc(N(c4cccc(C5(c6ccccc6)c6ccccc6-c6ccccc65)c4)c4ccc5c(c4)C(C)(C)c4ccccc4-5)cc3c2c1. The smallest absolute Gasteiger partial charge is 0.139 e. The number of hydrogen-bond acceptors (Lipinski definition) is 2. The zero-order chi connectivity index (χ0) is 42.8. The summed E-state index contributed by atoms with van der Waals surface area (Å²) < 4.78 is 6.84. The van der Waals surface area contributed by atoms with Gasteiger partial charge in [-0.1, -0.05) is 183 Å². The summed E-state index contributed by atoms with van der Waals surface area (Å²) in [5.74, 6) is 0. The van der Waals surface area contributed by atoms with Crippen molar-refractivity contribution in [3.63, 3.8) is 0 Å². The van der Waals surface area contributed by atoms with Crippen LogP contribution in [0, 0.1) is 0 Å². The summed E-state index contributed by atoms with van der Waals surface area (Å²) in [6.45, 7) is 18.5. The van der Waals surface area contributed by atoms with Crippen molar-refractivity contribution in [2.75, 3.05) is 4.90 Å². The van der Waals surface area contributed by atoms with E-state index >= 15 is 0 Å². The van der Waals surface area contributed by atoms with Crippen LogP contribution < -0.4 is 4.90 Å². The molecule has 2 heteroatoms. The lowest BCUT2D eigenvalue weighted by Gasteiger charge is -2.35. The van der Waals surface area contributed by atoms with E-state index in [9.17, 15) is 0 Å². The van der Waals surface area contributed by atoms with Crippen LogP contribution in [0.2, 0.25) is 0 Å². The van der Waals surface area contributed by atoms with E-state index in [-0.39, 0.29) is 16.2 Å². The molecular weight excluding hydrogens is 751 g/mol. The van der Waals surface area contributed by atoms with Gasteiger partial charge in [-0.05, 0) is 121 Å². The minimum Gasteiger partial charge on any atom is -0.456 e. The van der Waals surface area contributed by atoms with Gasteiger partial charge in [0.15, 0.2) is 0 Å². The van der Waals surface area contributed by atoms with E-state index in [2.05, 4.69) is 236 Å². The van der Waals surface area contributed by atoms with Crippen molar-refractivity contribution in [3.05, 3.63) is 220 Å². The summed E-state index contributed by atoms with van der Waals surface area (Å²) in [7, 11) is 0. The number of hydrogen-bond donors (Lipinski definition) is 0. The highest BCUT2D eigenvalue weighted by atomic mass is 16.3. The molecule has 0 N–H and O–H groups in total. The fourth-order valence-corrected chi connectivity index (χ4v) is 10.9. The highest BCUT2D eigenvalue weighted by molar-refractivity contribution is 6.08. The van der Waals surface area contributed by atoms with Crippen LogP contribution in [0.4, 0.5) is 17.1 Å². The number of furan rings is 1. The normalized spacial score (nSPS) is 14.7. The van der Waals surface area contributed by atoms with E-state index in [0.717, 1.165) is 33.6 Å². The summed E-state index contributed by atoms with van der Waals surface area (Å²) in [6.07, 6.45) is 0. The number of benzene rings is 8. The highest BCUT2D eigenvalue weighted by Gasteiger charge is 2.46. The minimum absolute atomic E-state index is 0.0249. The Bertz CT molecular complexity index is 3190. The van der Waals surface area contributed by atoms with Gasteiger partial charge in [-0.25, -0.2) is 0 Å². The van der Waals surface area contributed by atoms with Gasteiger partial charge in [0.1, 0.15) is 11.2 Å². The molecule has 1 aromatic heterocycles. The molecule has 2 nitrogen and oxygen atoms in total. The molecule has 304 valence electrons. The Hall–Kier alpha value is -6.64. The standard InChI is InChI=1S/C60H53NO/c1-57(2,3)40-34-49-48-36-42(30-32-55(48)62-56(49)54(35-40)58(4,5)6)61(43-29-31-47-44-23-12-15-26-50(44)59(7,8)53(47)37-43)41-22-18-21-39(33-41)60(38-19-10-9-11-20-38)51-27-16-13-24-45(51)46-25-14-17-28-52(46)60/h9-37H,1-8H3. The van der Waals surface area contributed by atoms with Gasteiger partial charge in [0, 0.05) is 38.8 Å². The van der Waals surface area contributed by atoms with Crippen molar-refractivity contribution in [1.29, 1.82) is 0 Å². The van der Waals surface area contributed by atoms with E-state index in [1.54, 1.807) is 0 Å². The molecule has 0 saturated heterocycles. The van der Waals surface area contributed by atoms with Gasteiger partial charge in [0.2, 0.25) is 0 Å². The third-order valence-corrected chi connectivity index (χ3v) is 14.0. The van der Waals surface area contributed by atoms with Crippen LogP contribution in [-0.2, 0) is 21.7 Å². The van der Waals surface area contributed by atoms with Gasteiger partial charge < -0.3 is 9.32 Å². The minimum atomic E-state index is -0.519. The summed E-state index contributed by atoms with van der Waals surface area (Å²) in [6, 6.07) is 66.0. The van der Waals surface area contributed by atoms with Crippen molar-refractivity contribution in [3.8, 4) is 22.3 Å². The predicted molar refractivity (Wildman–Crippen MR) is 261 cm³/mol. The largest absolute Gasteiger partial charge is 0.456 e. The second-order valence-corrected chi connectivity index (χ2v) is 20.2. The lowest BCUT2D eigenvalue weighted by molar-refractivity contribution is 0.559. The summed E-state index contributed by atoms with van der Waals surface area (Å²) in [4.78, 5) is 2.48. The maximum atomic E-state index is 6.84. The first-order chi connectivity index (χ1) is 29.8. The number of fused-ring (bicyclic) bond motifs is 9. The van der Waals surface area contributed by atoms with E-state index in [1.807, 2.05) is 0 Å². The number of anilines is 3. The van der Waals surface area contributed by atoms with Crippen molar-refractivity contribution in [2.24, 2.45) is 0 Å². The van der Waals surface area contributed by atoms with Crippen LogP contribution in [0.1, 0.15) is 99.9 Å². The Labute approximate surface area is 366 Å². The highest BCUT2D eigenvalue weighted by Crippen LogP contribution is 2.57. The molecule has 0 fully saturated rings. The van der Waals surface area contributed by atoms with Gasteiger partial charge in [-0.3, -0.25) is 0 Å². The maximum Gasteiger partial charge on any atom is 0.139 e. The van der Waals surface area contributed by atoms with E-state index in [0.29, 0.717) is 0 Å². The van der Waals surface area contributed by atoms with Gasteiger partial charge in [-0.2, -0.15) is 0 Å². The van der Waals surface area contributed by atoms with Crippen LogP contribution in [0.5, 0.6) is 0 Å². The van der Waals surface area contributed by atoms with Gasteiger partial charge >= 0.3 is 0 Å². The van der Waals surface area contributed by atoms with Gasteiger partial charge in [-0.15, -0.1) is 0 Å². The molecule has 0 atom stereocenters. The Balaban J connectivity index is 1.18. The Kier molecular flexibility index (Phi) is 8.29. The molecule has 0 amide bonds. The van der Waals surface area contributed by atoms with Crippen LogP contribution in [-0.4, -0.2) is 0 Å². The molecule has 1 heterocycles. The molecule has 0 spiro atoms. The van der Waals surface area contributed by atoms with Gasteiger partial charge in [0.25, 0.3) is 0 Å². The first-order valence-electron chi connectivity index (χ1n) is 22.2. The first-order valence-corrected chi connectivity index (χ1v) is 22.2. The van der Waals surface area contributed by atoms with Crippen LogP contribution in [0.3, 0.4) is 0 Å². The Morgan fingerprint density at radius 3 is 1.63 bits per heavy atom. The molecule has 11 rings (SSSR count).